The third-order valence-corrected chi connectivity index (χ3v) is 18.1. The third kappa shape index (κ3) is 8.80. The molecular weight excluding hydrogens is 774 g/mol. The van der Waals surface area contributed by atoms with Gasteiger partial charge in [-0.2, -0.15) is 0 Å². The van der Waals surface area contributed by atoms with Crippen LogP contribution in [-0.4, -0.2) is 12.3 Å². The van der Waals surface area contributed by atoms with E-state index in [-0.39, 0.29) is 34.0 Å². The van der Waals surface area contributed by atoms with Gasteiger partial charge in [0.2, 0.25) is 0 Å². The zero-order chi connectivity index (χ0) is 33.1. The maximum absolute atomic E-state index is 2.32. The summed E-state index contributed by atoms with van der Waals surface area (Å²) in [5.74, 6) is 0. The van der Waals surface area contributed by atoms with Crippen molar-refractivity contribution in [3.8, 4) is 0 Å². The lowest BCUT2D eigenvalue weighted by molar-refractivity contribution is -0.00100. The van der Waals surface area contributed by atoms with Crippen molar-refractivity contribution in [3.63, 3.8) is 0 Å². The van der Waals surface area contributed by atoms with Crippen LogP contribution in [0.5, 0.6) is 0 Å². The van der Waals surface area contributed by atoms with Gasteiger partial charge in [-0.1, -0.05) is 133 Å². The van der Waals surface area contributed by atoms with Crippen molar-refractivity contribution < 1.29 is 34.0 Å². The minimum absolute atomic E-state index is 0. The topological polar surface area (TPSA) is 0 Å². The average molecular weight is 819 g/mol. The monoisotopic (exact) mass is 816 g/mol. The van der Waals surface area contributed by atoms with Gasteiger partial charge in [0.1, 0.15) is 46.4 Å². The molecule has 0 radical (unpaired) electrons. The van der Waals surface area contributed by atoms with E-state index in [0.717, 1.165) is 12.3 Å². The fraction of sp³-hybridized carbons (Fsp3) is 0.0870. The Hall–Kier alpha value is -3.64. The predicted octanol–water partition coefficient (Wildman–Crippen LogP) is 3.43. The summed E-state index contributed by atoms with van der Waals surface area (Å²) in [5, 5.41) is 8.49. The van der Waals surface area contributed by atoms with Gasteiger partial charge in [0, 0.05) is 0 Å². The van der Waals surface area contributed by atoms with Crippen LogP contribution < -0.4 is 65.8 Å². The molecule has 6 rings (SSSR count). The van der Waals surface area contributed by atoms with Crippen LogP contribution in [0.1, 0.15) is 13.8 Å². The Kier molecular flexibility index (Phi) is 15.0. The first-order valence-corrected chi connectivity index (χ1v) is 20.7. The second-order valence-corrected chi connectivity index (χ2v) is 19.3. The summed E-state index contributed by atoms with van der Waals surface area (Å²) in [4.78, 5) is 0. The van der Waals surface area contributed by atoms with Gasteiger partial charge in [-0.3, -0.25) is 0 Å². The van der Waals surface area contributed by atoms with Crippen LogP contribution >= 0.6 is 14.5 Å². The van der Waals surface area contributed by atoms with Crippen molar-refractivity contribution in [3.05, 3.63) is 217 Å². The molecule has 0 unspecified atom stereocenters. The van der Waals surface area contributed by atoms with Gasteiger partial charge < -0.3 is 34.0 Å². The minimum Gasteiger partial charge on any atom is -1.00 e. The van der Waals surface area contributed by atoms with Crippen LogP contribution in [0.2, 0.25) is 0 Å². The highest BCUT2D eigenvalue weighted by Gasteiger charge is 2.46. The molecule has 0 saturated heterocycles. The van der Waals surface area contributed by atoms with Gasteiger partial charge in [-0.15, -0.1) is 0 Å². The summed E-state index contributed by atoms with van der Waals surface area (Å²) in [6, 6.07) is 66.9. The van der Waals surface area contributed by atoms with E-state index >= 15 is 0 Å². The number of rotatable bonds is 12. The fourth-order valence-electron chi connectivity index (χ4n) is 6.83. The van der Waals surface area contributed by atoms with Crippen molar-refractivity contribution in [1.82, 2.24) is 0 Å². The molecule has 0 bridgehead atoms. The van der Waals surface area contributed by atoms with Crippen molar-refractivity contribution >= 4 is 46.4 Å². The second kappa shape index (κ2) is 19.1. The van der Waals surface area contributed by atoms with E-state index in [1.54, 1.807) is 0 Å². The van der Waals surface area contributed by atoms with Gasteiger partial charge in [-0.25, -0.2) is 0 Å². The van der Waals surface area contributed by atoms with E-state index in [1.807, 2.05) is 0 Å². The Bertz CT molecular complexity index is 1620. The normalized spacial score (nSPS) is 12.2. The fourth-order valence-corrected chi connectivity index (χ4v) is 15.5. The van der Waals surface area contributed by atoms with Crippen LogP contribution in [0.4, 0.5) is 0 Å². The smallest absolute Gasteiger partial charge is 0.116 e. The van der Waals surface area contributed by atoms with Crippen LogP contribution in [0.3, 0.4) is 0 Å². The number of hydrogen-bond acceptors (Lipinski definition) is 0. The molecule has 0 saturated carbocycles. The number of benzene rings is 6. The van der Waals surface area contributed by atoms with E-state index in [4.69, 9.17) is 0 Å². The van der Waals surface area contributed by atoms with E-state index < -0.39 is 14.5 Å². The van der Waals surface area contributed by atoms with Crippen molar-refractivity contribution in [2.24, 2.45) is 0 Å². The van der Waals surface area contributed by atoms with Crippen LogP contribution in [0.15, 0.2) is 217 Å². The molecule has 0 aliphatic heterocycles. The van der Waals surface area contributed by atoms with Gasteiger partial charge in [-0.05, 0) is 97.8 Å². The molecule has 0 nitrogen and oxygen atoms in total. The molecular formula is C46H44Br2P2. The first-order valence-electron chi connectivity index (χ1n) is 16.7. The zero-order valence-corrected chi connectivity index (χ0v) is 33.7. The Morgan fingerprint density at radius 1 is 0.340 bits per heavy atom. The average Bonchev–Trinajstić information content (AvgIpc) is 3.17. The summed E-state index contributed by atoms with van der Waals surface area (Å²) in [7, 11) is -3.84. The SMILES string of the molecule is C\C(=C/C=C/C=C(\C)C[P+](c1ccccc1)(c1ccccc1)c1ccccc1)C[P+](c1ccccc1)(c1ccccc1)c1ccccc1.[Br-].[Br-]. The Morgan fingerprint density at radius 2 is 0.520 bits per heavy atom. The van der Waals surface area contributed by atoms with Crippen molar-refractivity contribution in [2.45, 2.75) is 13.8 Å². The van der Waals surface area contributed by atoms with E-state index in [1.165, 1.54) is 43.0 Å². The summed E-state index contributed by atoms with van der Waals surface area (Å²) < 4.78 is 0. The maximum atomic E-state index is 2.32. The lowest BCUT2D eigenvalue weighted by Crippen LogP contribution is -3.00. The van der Waals surface area contributed by atoms with Crippen LogP contribution in [0, 0.1) is 0 Å². The van der Waals surface area contributed by atoms with Crippen LogP contribution in [0.25, 0.3) is 0 Å². The van der Waals surface area contributed by atoms with E-state index in [0.29, 0.717) is 0 Å². The molecule has 0 aromatic heterocycles. The molecule has 0 aliphatic rings. The Labute approximate surface area is 321 Å². The molecule has 50 heavy (non-hydrogen) atoms. The molecule has 4 heteroatoms. The van der Waals surface area contributed by atoms with E-state index in [9.17, 15) is 0 Å². The largest absolute Gasteiger partial charge is 1.00 e. The van der Waals surface area contributed by atoms with Gasteiger partial charge in [0.15, 0.2) is 0 Å². The number of allylic oxidation sites excluding steroid dienone is 6. The Balaban J connectivity index is 0.00000281. The third-order valence-electron chi connectivity index (χ3n) is 9.03. The van der Waals surface area contributed by atoms with E-state index in [2.05, 4.69) is 220 Å². The summed E-state index contributed by atoms with van der Waals surface area (Å²) >= 11 is 0. The highest BCUT2D eigenvalue weighted by atomic mass is 79.9. The molecule has 0 atom stereocenters. The molecule has 0 N–H and O–H groups in total. The first kappa shape index (κ1) is 39.2. The standard InChI is InChI=1S/C46H44P2.2BrH/c1-39(37-47(41-25-9-3-10-26-41,42-27-11-4-12-28-42)43-29-13-5-14-30-43)23-21-22-24-40(2)38-48(44-31-15-6-16-32-44,45-33-17-7-18-34-45)46-35-19-8-20-36-46;;/h3-36H,37-38H2,1-2H3;2*1H/q+2;;/p-2/b22-21+,39-23+,40-24+;;. The van der Waals surface area contributed by atoms with Crippen molar-refractivity contribution in [2.75, 3.05) is 12.3 Å². The zero-order valence-electron chi connectivity index (χ0n) is 28.7. The van der Waals surface area contributed by atoms with Crippen LogP contribution in [-0.2, 0) is 0 Å². The molecule has 0 fully saturated rings. The molecule has 6 aromatic carbocycles. The van der Waals surface area contributed by atoms with Crippen molar-refractivity contribution in [1.29, 1.82) is 0 Å². The lowest BCUT2D eigenvalue weighted by atomic mass is 10.2. The van der Waals surface area contributed by atoms with Gasteiger partial charge in [0.25, 0.3) is 0 Å². The molecule has 0 heterocycles. The Morgan fingerprint density at radius 3 is 0.700 bits per heavy atom. The second-order valence-electron chi connectivity index (χ2n) is 12.4. The lowest BCUT2D eigenvalue weighted by Gasteiger charge is -2.28. The molecule has 252 valence electrons. The predicted molar refractivity (Wildman–Crippen MR) is 217 cm³/mol. The highest BCUT2D eigenvalue weighted by molar-refractivity contribution is 7.96. The molecule has 0 amide bonds. The molecule has 0 spiro atoms. The minimum atomic E-state index is -1.92. The van der Waals surface area contributed by atoms with Gasteiger partial charge >= 0.3 is 0 Å². The quantitative estimate of drug-likeness (QED) is 0.131. The maximum Gasteiger partial charge on any atom is 0.116 e. The van der Waals surface area contributed by atoms with Gasteiger partial charge in [0.05, 0.1) is 12.3 Å². The number of hydrogen-bond donors (Lipinski definition) is 0. The molecule has 0 aliphatic carbocycles. The highest BCUT2D eigenvalue weighted by Crippen LogP contribution is 2.57. The summed E-state index contributed by atoms with van der Waals surface area (Å²) in [6.45, 7) is 4.59. The summed E-state index contributed by atoms with van der Waals surface area (Å²) in [5.41, 5.74) is 2.75. The first-order chi connectivity index (χ1) is 23.6. The molecule has 6 aromatic rings. The number of halogens is 2. The summed E-state index contributed by atoms with van der Waals surface area (Å²) in [6.07, 6.45) is 11.1.